The minimum atomic E-state index is -0.271. The predicted molar refractivity (Wildman–Crippen MR) is 127 cm³/mol. The van der Waals surface area contributed by atoms with Gasteiger partial charge in [-0.1, -0.05) is 17.3 Å². The topological polar surface area (TPSA) is 71.2 Å². The number of nitrogens with zero attached hydrogens (tertiary/aromatic N) is 4. The molecule has 32 heavy (non-hydrogen) atoms. The molecule has 6 nitrogen and oxygen atoms in total. The van der Waals surface area contributed by atoms with Crippen LogP contribution in [0.4, 0.5) is 4.39 Å². The maximum atomic E-state index is 14.2. The Morgan fingerprint density at radius 2 is 2.06 bits per heavy atom. The standard InChI is InChI=1S/C25H28FN5O/c1-4-30-23-10-18(11-24(25(23)16(2)27-3)31-32-20-14-29-15-20)21-8-7-19(26)12-22(21)17-6-5-9-28-13-17/h5-9,12-13,18,20,29H,3-4,10-11,14-15H2,1-2H3/b25-16+,30-23?,31-24+. The largest absolute Gasteiger partial charge is 0.390 e. The van der Waals surface area contributed by atoms with Gasteiger partial charge in [0.15, 0.2) is 6.10 Å². The summed E-state index contributed by atoms with van der Waals surface area (Å²) < 4.78 is 14.2. The van der Waals surface area contributed by atoms with Crippen LogP contribution in [0.2, 0.25) is 0 Å². The molecule has 1 aliphatic carbocycles. The first-order valence-corrected chi connectivity index (χ1v) is 11.0. The molecule has 1 aromatic heterocycles. The van der Waals surface area contributed by atoms with Crippen molar-refractivity contribution in [2.75, 3.05) is 19.6 Å². The summed E-state index contributed by atoms with van der Waals surface area (Å²) in [7, 11) is 0. The van der Waals surface area contributed by atoms with Gasteiger partial charge >= 0.3 is 0 Å². The molecular weight excluding hydrogens is 405 g/mol. The number of aromatic nitrogens is 1. The minimum absolute atomic E-state index is 0.0688. The van der Waals surface area contributed by atoms with E-state index in [4.69, 9.17) is 9.83 Å². The molecule has 2 aromatic rings. The number of oxime groups is 1. The van der Waals surface area contributed by atoms with Gasteiger partial charge in [0.05, 0.1) is 5.71 Å². The molecule has 0 spiro atoms. The third-order valence-electron chi connectivity index (χ3n) is 5.89. The van der Waals surface area contributed by atoms with Crippen molar-refractivity contribution in [3.8, 4) is 11.1 Å². The van der Waals surface area contributed by atoms with Gasteiger partial charge in [0.25, 0.3) is 0 Å². The molecule has 1 aromatic carbocycles. The second-order valence-electron chi connectivity index (χ2n) is 8.04. The second-order valence-corrected chi connectivity index (χ2v) is 8.04. The molecule has 1 unspecified atom stereocenters. The lowest BCUT2D eigenvalue weighted by Gasteiger charge is -2.30. The third-order valence-corrected chi connectivity index (χ3v) is 5.89. The Balaban J connectivity index is 1.78. The number of hydrogen-bond donors (Lipinski definition) is 1. The third kappa shape index (κ3) is 4.67. The Hall–Kier alpha value is -3.19. The summed E-state index contributed by atoms with van der Waals surface area (Å²) in [5.74, 6) is -0.202. The van der Waals surface area contributed by atoms with Crippen molar-refractivity contribution in [1.82, 2.24) is 10.3 Å². The fraction of sp³-hybridized carbons (Fsp3) is 0.360. The smallest absolute Gasteiger partial charge is 0.152 e. The summed E-state index contributed by atoms with van der Waals surface area (Å²) in [6, 6.07) is 8.78. The monoisotopic (exact) mass is 433 g/mol. The molecule has 1 N–H and O–H groups in total. The second kappa shape index (κ2) is 9.96. The Labute approximate surface area is 188 Å². The maximum absolute atomic E-state index is 14.2. The van der Waals surface area contributed by atoms with Crippen molar-refractivity contribution in [3.05, 3.63) is 65.4 Å². The van der Waals surface area contributed by atoms with E-state index in [9.17, 15) is 4.39 Å². The molecule has 7 heteroatoms. The van der Waals surface area contributed by atoms with Crippen LogP contribution < -0.4 is 5.32 Å². The molecule has 1 atom stereocenters. The summed E-state index contributed by atoms with van der Waals surface area (Å²) in [6.07, 6.45) is 4.91. The number of hydrogen-bond acceptors (Lipinski definition) is 6. The van der Waals surface area contributed by atoms with Gasteiger partial charge < -0.3 is 10.2 Å². The molecule has 0 amide bonds. The van der Waals surface area contributed by atoms with Gasteiger partial charge in [0.2, 0.25) is 0 Å². The SMILES string of the molecule is C=N/C(C)=C1\C(=NCC)CC(c2ccc(F)cc2-c2cccnc2)C\C1=N/OC1CNC1. The molecule has 4 rings (SSSR count). The number of aliphatic imine (C=N–C) groups is 2. The van der Waals surface area contributed by atoms with Crippen LogP contribution in [0.3, 0.4) is 0 Å². The molecule has 1 saturated heterocycles. The molecule has 2 aliphatic rings. The van der Waals surface area contributed by atoms with Crippen molar-refractivity contribution in [2.24, 2.45) is 15.1 Å². The van der Waals surface area contributed by atoms with Crippen molar-refractivity contribution >= 4 is 18.1 Å². The zero-order valence-corrected chi connectivity index (χ0v) is 18.5. The molecule has 166 valence electrons. The van der Waals surface area contributed by atoms with Crippen LogP contribution in [0.25, 0.3) is 11.1 Å². The quantitative estimate of drug-likeness (QED) is 0.537. The van der Waals surface area contributed by atoms with E-state index < -0.39 is 0 Å². The first-order chi connectivity index (χ1) is 15.6. The number of benzene rings is 1. The van der Waals surface area contributed by atoms with Gasteiger partial charge in [-0.2, -0.15) is 0 Å². The normalized spacial score (nSPS) is 23.2. The highest BCUT2D eigenvalue weighted by Gasteiger charge is 2.32. The van der Waals surface area contributed by atoms with Gasteiger partial charge in [0, 0.05) is 61.0 Å². The van der Waals surface area contributed by atoms with Crippen LogP contribution in [0.1, 0.15) is 38.2 Å². The molecule has 0 radical (unpaired) electrons. The van der Waals surface area contributed by atoms with Gasteiger partial charge in [-0.25, -0.2) is 4.39 Å². The number of halogens is 1. The van der Waals surface area contributed by atoms with Crippen LogP contribution >= 0.6 is 0 Å². The Morgan fingerprint density at radius 1 is 1.25 bits per heavy atom. The summed E-state index contributed by atoms with van der Waals surface area (Å²) >= 11 is 0. The highest BCUT2D eigenvalue weighted by molar-refractivity contribution is 6.27. The summed E-state index contributed by atoms with van der Waals surface area (Å²) in [5.41, 5.74) is 6.22. The lowest BCUT2D eigenvalue weighted by Crippen LogP contribution is -2.47. The van der Waals surface area contributed by atoms with Gasteiger partial charge in [-0.3, -0.25) is 15.0 Å². The van der Waals surface area contributed by atoms with Gasteiger partial charge in [-0.15, -0.1) is 0 Å². The molecule has 2 heterocycles. The first kappa shape index (κ1) is 22.0. The lowest BCUT2D eigenvalue weighted by atomic mass is 9.76. The van der Waals surface area contributed by atoms with Gasteiger partial charge in [-0.05, 0) is 62.2 Å². The maximum Gasteiger partial charge on any atom is 0.152 e. The van der Waals surface area contributed by atoms with Crippen molar-refractivity contribution in [1.29, 1.82) is 0 Å². The van der Waals surface area contributed by atoms with Crippen molar-refractivity contribution in [3.63, 3.8) is 0 Å². The number of pyridine rings is 1. The van der Waals surface area contributed by atoms with Crippen molar-refractivity contribution in [2.45, 2.75) is 38.7 Å². The summed E-state index contributed by atoms with van der Waals surface area (Å²) in [4.78, 5) is 19.0. The average molecular weight is 434 g/mol. The number of nitrogens with one attached hydrogen (secondary N) is 1. The van der Waals surface area contributed by atoms with Crippen molar-refractivity contribution < 1.29 is 9.23 Å². The summed E-state index contributed by atoms with van der Waals surface area (Å²) in [5, 5.41) is 7.74. The average Bonchev–Trinajstić information content (AvgIpc) is 2.78. The zero-order chi connectivity index (χ0) is 22.5. The highest BCUT2D eigenvalue weighted by Crippen LogP contribution is 2.39. The molecular formula is C25H28FN5O. The van der Waals surface area contributed by atoms with E-state index >= 15 is 0 Å². The van der Waals surface area contributed by atoms with Crippen LogP contribution in [0.15, 0.2) is 69.1 Å². The zero-order valence-electron chi connectivity index (χ0n) is 18.5. The Bertz CT molecular complexity index is 1070. The lowest BCUT2D eigenvalue weighted by molar-refractivity contribution is 0.0228. The van der Waals surface area contributed by atoms with Crippen LogP contribution in [0, 0.1) is 5.82 Å². The molecule has 1 saturated carbocycles. The van der Waals surface area contributed by atoms with E-state index in [0.717, 1.165) is 52.5 Å². The van der Waals surface area contributed by atoms with E-state index in [-0.39, 0.29) is 17.8 Å². The van der Waals surface area contributed by atoms with Crippen LogP contribution in [-0.4, -0.2) is 48.9 Å². The highest BCUT2D eigenvalue weighted by atomic mass is 19.1. The molecule has 2 fully saturated rings. The first-order valence-electron chi connectivity index (χ1n) is 11.0. The fourth-order valence-corrected chi connectivity index (χ4v) is 4.18. The van der Waals surface area contributed by atoms with E-state index in [0.29, 0.717) is 19.4 Å². The van der Waals surface area contributed by atoms with E-state index in [1.54, 1.807) is 18.5 Å². The Kier molecular flexibility index (Phi) is 6.85. The molecule has 0 bridgehead atoms. The van der Waals surface area contributed by atoms with E-state index in [1.165, 1.54) is 6.07 Å². The predicted octanol–water partition coefficient (Wildman–Crippen LogP) is 4.55. The van der Waals surface area contributed by atoms with Crippen LogP contribution in [0.5, 0.6) is 0 Å². The fourth-order valence-electron chi connectivity index (χ4n) is 4.18. The Morgan fingerprint density at radius 3 is 2.72 bits per heavy atom. The van der Waals surface area contributed by atoms with Gasteiger partial charge in [0.1, 0.15) is 5.82 Å². The van der Waals surface area contributed by atoms with Crippen LogP contribution in [-0.2, 0) is 4.84 Å². The number of allylic oxidation sites excluding steroid dienone is 2. The number of rotatable bonds is 6. The molecule has 1 aliphatic heterocycles. The van der Waals surface area contributed by atoms with E-state index in [1.807, 2.05) is 32.0 Å². The van der Waals surface area contributed by atoms with E-state index in [2.05, 4.69) is 27.2 Å². The summed E-state index contributed by atoms with van der Waals surface area (Å²) in [6.45, 7) is 9.87. The minimum Gasteiger partial charge on any atom is -0.390 e.